The summed E-state index contributed by atoms with van der Waals surface area (Å²) in [6.07, 6.45) is 4.00. The predicted octanol–water partition coefficient (Wildman–Crippen LogP) is 0.344. The van der Waals surface area contributed by atoms with E-state index in [2.05, 4.69) is 0 Å². The smallest absolute Gasteiger partial charge is 0.252 e. The van der Waals surface area contributed by atoms with Crippen LogP contribution < -0.4 is 0 Å². The summed E-state index contributed by atoms with van der Waals surface area (Å²) in [4.78, 5) is 14.3. The standard InChI is InChI=1S/C12H19NO4S/c14-12(11-2-1-6-17-11)13(9-3-4-9)10-5-7-18(15,16)8-10/h9-11H,1-8H2. The van der Waals surface area contributed by atoms with Gasteiger partial charge in [0.25, 0.3) is 5.91 Å². The highest BCUT2D eigenvalue weighted by molar-refractivity contribution is 7.91. The molecule has 3 fully saturated rings. The largest absolute Gasteiger partial charge is 0.368 e. The second-order valence-corrected chi connectivity index (χ2v) is 7.76. The Labute approximate surface area is 107 Å². The molecule has 0 aromatic carbocycles. The highest BCUT2D eigenvalue weighted by atomic mass is 32.2. The molecule has 3 aliphatic rings. The molecule has 2 atom stereocenters. The molecule has 2 heterocycles. The molecule has 102 valence electrons. The normalized spacial score (nSPS) is 34.7. The van der Waals surface area contributed by atoms with E-state index in [1.807, 2.05) is 4.90 Å². The highest BCUT2D eigenvalue weighted by Crippen LogP contribution is 2.34. The Hall–Kier alpha value is -0.620. The summed E-state index contributed by atoms with van der Waals surface area (Å²) in [6, 6.07) is 0.152. The lowest BCUT2D eigenvalue weighted by Crippen LogP contribution is -2.47. The lowest BCUT2D eigenvalue weighted by Gasteiger charge is -2.30. The molecule has 0 spiro atoms. The van der Waals surface area contributed by atoms with Gasteiger partial charge in [-0.3, -0.25) is 4.79 Å². The van der Waals surface area contributed by atoms with Gasteiger partial charge in [0.2, 0.25) is 0 Å². The predicted molar refractivity (Wildman–Crippen MR) is 65.9 cm³/mol. The Morgan fingerprint density at radius 1 is 1.11 bits per heavy atom. The van der Waals surface area contributed by atoms with Crippen LogP contribution in [0.4, 0.5) is 0 Å². The van der Waals surface area contributed by atoms with Crippen molar-refractivity contribution in [2.75, 3.05) is 18.1 Å². The van der Waals surface area contributed by atoms with E-state index < -0.39 is 9.84 Å². The van der Waals surface area contributed by atoms with Crippen molar-refractivity contribution >= 4 is 15.7 Å². The van der Waals surface area contributed by atoms with Crippen molar-refractivity contribution in [1.82, 2.24) is 4.90 Å². The Morgan fingerprint density at radius 2 is 1.89 bits per heavy atom. The molecule has 0 aromatic heterocycles. The first-order chi connectivity index (χ1) is 8.57. The van der Waals surface area contributed by atoms with Crippen LogP contribution >= 0.6 is 0 Å². The summed E-state index contributed by atoms with van der Waals surface area (Å²) in [5.74, 6) is 0.388. The van der Waals surface area contributed by atoms with Gasteiger partial charge in [0.15, 0.2) is 9.84 Å². The van der Waals surface area contributed by atoms with Gasteiger partial charge < -0.3 is 9.64 Å². The Bertz CT molecular complexity index is 437. The van der Waals surface area contributed by atoms with Crippen molar-refractivity contribution in [3.63, 3.8) is 0 Å². The minimum atomic E-state index is -2.94. The van der Waals surface area contributed by atoms with Crippen LogP contribution in [0, 0.1) is 0 Å². The number of sulfone groups is 1. The number of carbonyl (C=O) groups excluding carboxylic acids is 1. The number of nitrogens with zero attached hydrogens (tertiary/aromatic N) is 1. The summed E-state index contributed by atoms with van der Waals surface area (Å²) in [7, 11) is -2.94. The molecular formula is C12H19NO4S. The molecule has 5 nitrogen and oxygen atoms in total. The van der Waals surface area contributed by atoms with E-state index in [-0.39, 0.29) is 35.6 Å². The third-order valence-corrected chi connectivity index (χ3v) is 5.75. The minimum Gasteiger partial charge on any atom is -0.368 e. The maximum Gasteiger partial charge on any atom is 0.252 e. The molecule has 2 aliphatic heterocycles. The molecule has 0 N–H and O–H groups in total. The fourth-order valence-electron chi connectivity index (χ4n) is 2.94. The summed E-state index contributed by atoms with van der Waals surface area (Å²) in [5, 5.41) is 0. The van der Waals surface area contributed by atoms with Gasteiger partial charge >= 0.3 is 0 Å². The van der Waals surface area contributed by atoms with Crippen molar-refractivity contribution in [2.24, 2.45) is 0 Å². The third kappa shape index (κ3) is 2.40. The minimum absolute atomic E-state index is 0.0251. The van der Waals surface area contributed by atoms with Crippen LogP contribution in [-0.4, -0.2) is 55.5 Å². The molecule has 0 radical (unpaired) electrons. The molecule has 3 rings (SSSR count). The molecule has 1 saturated carbocycles. The number of hydrogen-bond donors (Lipinski definition) is 0. The van der Waals surface area contributed by atoms with Crippen LogP contribution in [0.5, 0.6) is 0 Å². The maximum absolute atomic E-state index is 12.4. The number of hydrogen-bond acceptors (Lipinski definition) is 4. The van der Waals surface area contributed by atoms with Crippen LogP contribution in [0.3, 0.4) is 0 Å². The van der Waals surface area contributed by atoms with Crippen LogP contribution in [0.1, 0.15) is 32.1 Å². The molecular weight excluding hydrogens is 254 g/mol. The van der Waals surface area contributed by atoms with E-state index in [0.29, 0.717) is 13.0 Å². The Morgan fingerprint density at radius 3 is 2.39 bits per heavy atom. The monoisotopic (exact) mass is 273 g/mol. The van der Waals surface area contributed by atoms with E-state index in [1.54, 1.807) is 0 Å². The van der Waals surface area contributed by atoms with Gasteiger partial charge in [-0.05, 0) is 32.1 Å². The zero-order valence-electron chi connectivity index (χ0n) is 10.4. The second kappa shape index (κ2) is 4.49. The van der Waals surface area contributed by atoms with Gasteiger partial charge in [-0.25, -0.2) is 8.42 Å². The van der Waals surface area contributed by atoms with Crippen molar-refractivity contribution in [2.45, 2.75) is 50.3 Å². The SMILES string of the molecule is O=C(C1CCCO1)N(C1CC1)C1CCS(=O)(=O)C1. The van der Waals surface area contributed by atoms with E-state index >= 15 is 0 Å². The van der Waals surface area contributed by atoms with E-state index in [9.17, 15) is 13.2 Å². The van der Waals surface area contributed by atoms with Gasteiger partial charge in [0.1, 0.15) is 6.10 Å². The number of carbonyl (C=O) groups is 1. The van der Waals surface area contributed by atoms with Gasteiger partial charge in [-0.1, -0.05) is 0 Å². The van der Waals surface area contributed by atoms with Crippen molar-refractivity contribution < 1.29 is 17.9 Å². The topological polar surface area (TPSA) is 63.7 Å². The van der Waals surface area contributed by atoms with Crippen molar-refractivity contribution in [3.8, 4) is 0 Å². The fraction of sp³-hybridized carbons (Fsp3) is 0.917. The van der Waals surface area contributed by atoms with Crippen LogP contribution in [0.15, 0.2) is 0 Å². The van der Waals surface area contributed by atoms with Gasteiger partial charge in [0, 0.05) is 18.7 Å². The highest BCUT2D eigenvalue weighted by Gasteiger charge is 2.44. The Kier molecular flexibility index (Phi) is 3.10. The average Bonchev–Trinajstić information content (AvgIpc) is 2.87. The maximum atomic E-state index is 12.4. The van der Waals surface area contributed by atoms with E-state index in [1.165, 1.54) is 0 Å². The van der Waals surface area contributed by atoms with Gasteiger partial charge in [-0.2, -0.15) is 0 Å². The quantitative estimate of drug-likeness (QED) is 0.744. The molecule has 2 saturated heterocycles. The first-order valence-electron chi connectivity index (χ1n) is 6.71. The summed E-state index contributed by atoms with van der Waals surface area (Å²) in [6.45, 7) is 0.651. The van der Waals surface area contributed by atoms with Gasteiger partial charge in [-0.15, -0.1) is 0 Å². The molecule has 1 amide bonds. The number of amides is 1. The zero-order valence-corrected chi connectivity index (χ0v) is 11.2. The first-order valence-corrected chi connectivity index (χ1v) is 8.53. The van der Waals surface area contributed by atoms with Gasteiger partial charge in [0.05, 0.1) is 11.5 Å². The number of ether oxygens (including phenoxy) is 1. The lowest BCUT2D eigenvalue weighted by atomic mass is 10.1. The van der Waals surface area contributed by atoms with Crippen LogP contribution in [0.25, 0.3) is 0 Å². The molecule has 0 aromatic rings. The molecule has 18 heavy (non-hydrogen) atoms. The second-order valence-electron chi connectivity index (χ2n) is 5.54. The first kappa shape index (κ1) is 12.4. The van der Waals surface area contributed by atoms with Crippen LogP contribution in [0.2, 0.25) is 0 Å². The fourth-order valence-corrected chi connectivity index (χ4v) is 4.66. The average molecular weight is 273 g/mol. The third-order valence-electron chi connectivity index (χ3n) is 4.00. The van der Waals surface area contributed by atoms with Crippen molar-refractivity contribution in [1.29, 1.82) is 0 Å². The van der Waals surface area contributed by atoms with E-state index in [0.717, 1.165) is 25.7 Å². The zero-order chi connectivity index (χ0) is 12.8. The molecule has 2 unspecified atom stereocenters. The van der Waals surface area contributed by atoms with Crippen molar-refractivity contribution in [3.05, 3.63) is 0 Å². The lowest BCUT2D eigenvalue weighted by molar-refractivity contribution is -0.143. The summed E-state index contributed by atoms with van der Waals surface area (Å²) < 4.78 is 28.6. The Balaban J connectivity index is 1.74. The molecule has 1 aliphatic carbocycles. The number of rotatable bonds is 3. The summed E-state index contributed by atoms with van der Waals surface area (Å²) in [5.41, 5.74) is 0. The molecule has 6 heteroatoms. The van der Waals surface area contributed by atoms with Crippen LogP contribution in [-0.2, 0) is 19.4 Å². The summed E-state index contributed by atoms with van der Waals surface area (Å²) >= 11 is 0. The van der Waals surface area contributed by atoms with E-state index in [4.69, 9.17) is 4.74 Å². The molecule has 0 bridgehead atoms.